The molecule has 4 aromatic rings. The molecule has 0 unspecified atom stereocenters. The number of rotatable bonds is 3. The number of nitrogens with zero attached hydrogens (tertiary/aromatic N) is 4. The highest BCUT2D eigenvalue weighted by Crippen LogP contribution is 2.39. The summed E-state index contributed by atoms with van der Waals surface area (Å²) in [5.74, 6) is 2.13. The first-order valence-corrected chi connectivity index (χ1v) is 8.64. The zero-order chi connectivity index (χ0) is 18.2. The van der Waals surface area contributed by atoms with Crippen LogP contribution in [-0.2, 0) is 0 Å². The smallest absolute Gasteiger partial charge is 0.231 e. The quantitative estimate of drug-likeness (QED) is 0.458. The number of pyridine rings is 1. The third-order valence-electron chi connectivity index (χ3n) is 4.52. The van der Waals surface area contributed by atoms with Crippen LogP contribution < -0.4 is 9.47 Å². The van der Waals surface area contributed by atoms with Crippen LogP contribution in [0.25, 0.3) is 16.9 Å². The zero-order valence-electron chi connectivity index (χ0n) is 14.7. The third kappa shape index (κ3) is 2.71. The van der Waals surface area contributed by atoms with Crippen molar-refractivity contribution < 1.29 is 9.47 Å². The van der Waals surface area contributed by atoms with Gasteiger partial charge in [-0.15, -0.1) is 10.2 Å². The van der Waals surface area contributed by atoms with Crippen molar-refractivity contribution in [2.75, 3.05) is 6.79 Å². The van der Waals surface area contributed by atoms with Gasteiger partial charge in [-0.2, -0.15) is 0 Å². The van der Waals surface area contributed by atoms with Gasteiger partial charge in [0, 0.05) is 11.8 Å². The second kappa shape index (κ2) is 6.25. The Morgan fingerprint density at radius 1 is 0.926 bits per heavy atom. The molecule has 5 rings (SSSR count). The van der Waals surface area contributed by atoms with Gasteiger partial charge in [0.05, 0.1) is 5.69 Å². The minimum atomic E-state index is 0.240. The molecular formula is C21H16N4O2. The molecule has 27 heavy (non-hydrogen) atoms. The predicted molar refractivity (Wildman–Crippen MR) is 102 cm³/mol. The number of azo groups is 1. The van der Waals surface area contributed by atoms with Crippen LogP contribution in [0.3, 0.4) is 0 Å². The maximum atomic E-state index is 5.51. The summed E-state index contributed by atoms with van der Waals surface area (Å²) >= 11 is 0. The number of aryl methyl sites for hydroxylation is 1. The van der Waals surface area contributed by atoms with Crippen molar-refractivity contribution in [2.24, 2.45) is 10.2 Å². The van der Waals surface area contributed by atoms with Gasteiger partial charge in [0.25, 0.3) is 0 Å². The van der Waals surface area contributed by atoms with Gasteiger partial charge in [-0.3, -0.25) is 4.40 Å². The number of imidazole rings is 1. The number of hydrogen-bond acceptors (Lipinski definition) is 5. The van der Waals surface area contributed by atoms with E-state index >= 15 is 0 Å². The second-order valence-corrected chi connectivity index (χ2v) is 6.27. The maximum Gasteiger partial charge on any atom is 0.231 e. The second-order valence-electron chi connectivity index (χ2n) is 6.27. The van der Waals surface area contributed by atoms with Crippen LogP contribution >= 0.6 is 0 Å². The SMILES string of the molecule is Cc1ccccc1N=Nc1c(-c2ccc3c(c2)OCO3)nc2ccccn12. The van der Waals surface area contributed by atoms with E-state index in [2.05, 4.69) is 10.2 Å². The molecule has 132 valence electrons. The molecule has 6 heteroatoms. The standard InChI is InChI=1S/C21H16N4O2/c1-14-6-2-3-7-16(14)23-24-21-20(22-19-8-4-5-11-25(19)21)15-9-10-17-18(12-15)27-13-26-17/h2-12H,13H2,1H3. The minimum Gasteiger partial charge on any atom is -0.454 e. The van der Waals surface area contributed by atoms with Gasteiger partial charge in [0.2, 0.25) is 6.79 Å². The lowest BCUT2D eigenvalue weighted by Gasteiger charge is -2.02. The van der Waals surface area contributed by atoms with Crippen LogP contribution in [0, 0.1) is 6.92 Å². The number of hydrogen-bond donors (Lipinski definition) is 0. The first-order valence-electron chi connectivity index (χ1n) is 8.64. The monoisotopic (exact) mass is 356 g/mol. The molecule has 0 saturated carbocycles. The van der Waals surface area contributed by atoms with Crippen molar-refractivity contribution in [1.82, 2.24) is 9.38 Å². The number of fused-ring (bicyclic) bond motifs is 2. The van der Waals surface area contributed by atoms with E-state index < -0.39 is 0 Å². The van der Waals surface area contributed by atoms with Gasteiger partial charge in [0.1, 0.15) is 11.3 Å². The molecule has 0 fully saturated rings. The Labute approximate surface area is 155 Å². The first kappa shape index (κ1) is 15.6. The lowest BCUT2D eigenvalue weighted by Crippen LogP contribution is -1.92. The molecule has 0 saturated heterocycles. The highest BCUT2D eigenvalue weighted by Gasteiger charge is 2.18. The molecule has 0 aliphatic carbocycles. The predicted octanol–water partition coefficient (Wildman–Crippen LogP) is 5.45. The van der Waals surface area contributed by atoms with Crippen molar-refractivity contribution in [3.63, 3.8) is 0 Å². The fourth-order valence-electron chi connectivity index (χ4n) is 3.09. The largest absolute Gasteiger partial charge is 0.454 e. The van der Waals surface area contributed by atoms with Gasteiger partial charge in [-0.1, -0.05) is 24.3 Å². The molecule has 0 spiro atoms. The lowest BCUT2D eigenvalue weighted by atomic mass is 10.1. The van der Waals surface area contributed by atoms with E-state index in [1.807, 2.05) is 78.2 Å². The normalized spacial score (nSPS) is 12.9. The van der Waals surface area contributed by atoms with Gasteiger partial charge in [-0.05, 0) is 48.9 Å². The fourth-order valence-corrected chi connectivity index (χ4v) is 3.09. The Hall–Kier alpha value is -3.67. The van der Waals surface area contributed by atoms with E-state index in [1.165, 1.54) is 0 Å². The van der Waals surface area contributed by atoms with Crippen molar-refractivity contribution >= 4 is 17.2 Å². The molecule has 6 nitrogen and oxygen atoms in total. The highest BCUT2D eigenvalue weighted by molar-refractivity contribution is 5.76. The zero-order valence-corrected chi connectivity index (χ0v) is 14.7. The topological polar surface area (TPSA) is 60.5 Å². The molecule has 3 heterocycles. The summed E-state index contributed by atoms with van der Waals surface area (Å²) in [5, 5.41) is 9.01. The summed E-state index contributed by atoms with van der Waals surface area (Å²) in [6, 6.07) is 19.5. The van der Waals surface area contributed by atoms with Crippen molar-refractivity contribution in [1.29, 1.82) is 0 Å². The van der Waals surface area contributed by atoms with E-state index in [9.17, 15) is 0 Å². The molecule has 2 aromatic carbocycles. The molecule has 0 N–H and O–H groups in total. The van der Waals surface area contributed by atoms with Gasteiger partial charge < -0.3 is 9.47 Å². The molecule has 1 aliphatic heterocycles. The summed E-state index contributed by atoms with van der Waals surface area (Å²) in [5.41, 5.74) is 4.36. The average Bonchev–Trinajstić information content (AvgIpc) is 3.31. The van der Waals surface area contributed by atoms with Crippen LogP contribution in [0.4, 0.5) is 11.5 Å². The van der Waals surface area contributed by atoms with E-state index in [0.29, 0.717) is 11.6 Å². The summed E-state index contributed by atoms with van der Waals surface area (Å²) < 4.78 is 12.8. The molecule has 0 atom stereocenters. The molecule has 0 bridgehead atoms. The molecule has 1 aliphatic rings. The van der Waals surface area contributed by atoms with Crippen LogP contribution in [-0.4, -0.2) is 16.2 Å². The van der Waals surface area contributed by atoms with Crippen molar-refractivity contribution in [3.05, 3.63) is 72.4 Å². The lowest BCUT2D eigenvalue weighted by molar-refractivity contribution is 0.174. The molecular weight excluding hydrogens is 340 g/mol. The van der Waals surface area contributed by atoms with Crippen molar-refractivity contribution in [2.45, 2.75) is 6.92 Å². The van der Waals surface area contributed by atoms with Crippen molar-refractivity contribution in [3.8, 4) is 22.8 Å². The highest BCUT2D eigenvalue weighted by atomic mass is 16.7. The summed E-state index contributed by atoms with van der Waals surface area (Å²) in [6.45, 7) is 2.26. The Morgan fingerprint density at radius 3 is 2.70 bits per heavy atom. The van der Waals surface area contributed by atoms with Gasteiger partial charge >= 0.3 is 0 Å². The van der Waals surface area contributed by atoms with Crippen LogP contribution in [0.1, 0.15) is 5.56 Å². The van der Waals surface area contributed by atoms with E-state index in [0.717, 1.165) is 33.9 Å². The first-order chi connectivity index (χ1) is 13.3. The molecule has 0 amide bonds. The van der Waals surface area contributed by atoms with Crippen LogP contribution in [0.5, 0.6) is 11.5 Å². The maximum absolute atomic E-state index is 5.51. The Kier molecular flexibility index (Phi) is 3.60. The number of aromatic nitrogens is 2. The third-order valence-corrected chi connectivity index (χ3v) is 4.52. The van der Waals surface area contributed by atoms with E-state index in [-0.39, 0.29) is 6.79 Å². The van der Waals surface area contributed by atoms with E-state index in [1.54, 1.807) is 0 Å². The fraction of sp³-hybridized carbons (Fsp3) is 0.0952. The Balaban J connectivity index is 1.67. The molecule has 0 radical (unpaired) electrons. The summed E-state index contributed by atoms with van der Waals surface area (Å²) in [7, 11) is 0. The van der Waals surface area contributed by atoms with Gasteiger partial charge in [0.15, 0.2) is 17.3 Å². The van der Waals surface area contributed by atoms with E-state index in [4.69, 9.17) is 14.5 Å². The van der Waals surface area contributed by atoms with Crippen LogP contribution in [0.15, 0.2) is 77.1 Å². The Morgan fingerprint density at radius 2 is 1.78 bits per heavy atom. The number of ether oxygens (including phenoxy) is 2. The summed E-state index contributed by atoms with van der Waals surface area (Å²) in [6.07, 6.45) is 1.94. The van der Waals surface area contributed by atoms with Crippen LogP contribution in [0.2, 0.25) is 0 Å². The summed E-state index contributed by atoms with van der Waals surface area (Å²) in [4.78, 5) is 4.76. The minimum absolute atomic E-state index is 0.240. The van der Waals surface area contributed by atoms with Gasteiger partial charge in [-0.25, -0.2) is 4.98 Å². The number of benzene rings is 2. The average molecular weight is 356 g/mol. The molecule has 2 aromatic heterocycles. The Bertz CT molecular complexity index is 1180.